The molecule has 1 atom stereocenters. The second-order valence-electron chi connectivity index (χ2n) is 3.42. The molecule has 0 aromatic carbocycles. The van der Waals surface area contributed by atoms with Crippen LogP contribution in [0.4, 0.5) is 0 Å². The first kappa shape index (κ1) is 12.4. The van der Waals surface area contributed by atoms with Gasteiger partial charge in [-0.25, -0.2) is 4.89 Å². The van der Waals surface area contributed by atoms with E-state index in [2.05, 4.69) is 11.5 Å². The fraction of sp³-hybridized carbons (Fsp3) is 0.600. The molecule has 0 aromatic heterocycles. The van der Waals surface area contributed by atoms with Gasteiger partial charge in [-0.2, -0.15) is 0 Å². The van der Waals surface area contributed by atoms with Crippen LogP contribution in [0.25, 0.3) is 0 Å². The van der Waals surface area contributed by atoms with Crippen LogP contribution in [-0.4, -0.2) is 22.6 Å². The van der Waals surface area contributed by atoms with Crippen LogP contribution in [0.15, 0.2) is 24.3 Å². The third kappa shape index (κ3) is 6.51. The van der Waals surface area contributed by atoms with Gasteiger partial charge in [0.05, 0.1) is 5.60 Å². The van der Waals surface area contributed by atoms with E-state index in [4.69, 9.17) is 5.26 Å². The van der Waals surface area contributed by atoms with Gasteiger partial charge in [0.2, 0.25) is 0 Å². The van der Waals surface area contributed by atoms with E-state index in [1.165, 1.54) is 6.08 Å². The van der Waals surface area contributed by atoms with Gasteiger partial charge in [-0.1, -0.05) is 12.2 Å². The van der Waals surface area contributed by atoms with Gasteiger partial charge < -0.3 is 5.11 Å². The zero-order chi connectivity index (χ0) is 10.3. The maximum Gasteiger partial charge on any atom is 0.103 e. The molecule has 0 heterocycles. The Morgan fingerprint density at radius 3 is 2.69 bits per heavy atom. The fourth-order valence-corrected chi connectivity index (χ4v) is 0.874. The first-order valence-electron chi connectivity index (χ1n) is 4.30. The molecule has 0 aliphatic heterocycles. The van der Waals surface area contributed by atoms with Gasteiger partial charge in [-0.15, -0.1) is 6.58 Å². The maximum atomic E-state index is 9.54. The van der Waals surface area contributed by atoms with Gasteiger partial charge in [0.1, 0.15) is 6.61 Å². The van der Waals surface area contributed by atoms with Crippen LogP contribution in [0.1, 0.15) is 26.7 Å². The first-order valence-corrected chi connectivity index (χ1v) is 4.30. The molecule has 0 aliphatic carbocycles. The summed E-state index contributed by atoms with van der Waals surface area (Å²) in [5, 5.41) is 17.7. The Kier molecular flexibility index (Phi) is 5.62. The summed E-state index contributed by atoms with van der Waals surface area (Å²) in [6.07, 6.45) is 4.82. The molecular formula is C10H18O3. The van der Waals surface area contributed by atoms with Crippen molar-refractivity contribution in [2.75, 3.05) is 6.61 Å². The molecule has 2 N–H and O–H groups in total. The fourth-order valence-electron chi connectivity index (χ4n) is 0.874. The highest BCUT2D eigenvalue weighted by molar-refractivity contribution is 5.00. The van der Waals surface area contributed by atoms with E-state index >= 15 is 0 Å². The Morgan fingerprint density at radius 1 is 1.62 bits per heavy atom. The van der Waals surface area contributed by atoms with Crippen LogP contribution in [0.2, 0.25) is 0 Å². The van der Waals surface area contributed by atoms with Crippen molar-refractivity contribution in [2.45, 2.75) is 32.3 Å². The Bertz CT molecular complexity index is 183. The lowest BCUT2D eigenvalue weighted by molar-refractivity contribution is -0.234. The Morgan fingerprint density at radius 2 is 2.23 bits per heavy atom. The second kappa shape index (κ2) is 5.91. The molecule has 0 amide bonds. The van der Waals surface area contributed by atoms with Gasteiger partial charge in [0, 0.05) is 0 Å². The van der Waals surface area contributed by atoms with Gasteiger partial charge in [0.25, 0.3) is 0 Å². The van der Waals surface area contributed by atoms with Gasteiger partial charge >= 0.3 is 0 Å². The molecule has 0 rings (SSSR count). The molecule has 0 bridgehead atoms. The van der Waals surface area contributed by atoms with Crippen molar-refractivity contribution >= 4 is 0 Å². The number of allylic oxidation sites excluding steroid dienone is 1. The lowest BCUT2D eigenvalue weighted by Crippen LogP contribution is -2.19. The van der Waals surface area contributed by atoms with Gasteiger partial charge in [-0.05, 0) is 32.3 Å². The molecule has 0 saturated heterocycles. The Balaban J connectivity index is 3.77. The number of hydrogen-bond acceptors (Lipinski definition) is 3. The molecule has 0 aliphatic rings. The lowest BCUT2D eigenvalue weighted by Gasteiger charge is -2.16. The zero-order valence-corrected chi connectivity index (χ0v) is 8.29. The highest BCUT2D eigenvalue weighted by atomic mass is 17.1. The zero-order valence-electron chi connectivity index (χ0n) is 8.29. The van der Waals surface area contributed by atoms with Gasteiger partial charge in [0.15, 0.2) is 0 Å². The molecule has 0 spiro atoms. The molecular weight excluding hydrogens is 168 g/mol. The van der Waals surface area contributed by atoms with Gasteiger partial charge in [-0.3, -0.25) is 5.26 Å². The van der Waals surface area contributed by atoms with Crippen molar-refractivity contribution < 1.29 is 15.3 Å². The summed E-state index contributed by atoms with van der Waals surface area (Å²) in [5.41, 5.74) is 0.138. The third-order valence-corrected chi connectivity index (χ3v) is 1.88. The molecule has 0 aromatic rings. The van der Waals surface area contributed by atoms with E-state index < -0.39 is 5.60 Å². The average Bonchev–Trinajstić information content (AvgIpc) is 2.05. The van der Waals surface area contributed by atoms with Crippen molar-refractivity contribution in [3.63, 3.8) is 0 Å². The summed E-state index contributed by atoms with van der Waals surface area (Å²) in [6, 6.07) is 0. The maximum absolute atomic E-state index is 9.54. The number of rotatable bonds is 6. The Labute approximate surface area is 79.3 Å². The van der Waals surface area contributed by atoms with E-state index in [9.17, 15) is 5.11 Å². The second-order valence-corrected chi connectivity index (χ2v) is 3.42. The number of hydrogen-bond donors (Lipinski definition) is 2. The van der Waals surface area contributed by atoms with Crippen LogP contribution in [0, 0.1) is 0 Å². The van der Waals surface area contributed by atoms with Crippen LogP contribution < -0.4 is 0 Å². The molecule has 13 heavy (non-hydrogen) atoms. The van der Waals surface area contributed by atoms with Crippen molar-refractivity contribution in [2.24, 2.45) is 0 Å². The van der Waals surface area contributed by atoms with Crippen LogP contribution >= 0.6 is 0 Å². The van der Waals surface area contributed by atoms with E-state index in [0.717, 1.165) is 12.0 Å². The third-order valence-electron chi connectivity index (χ3n) is 1.88. The summed E-state index contributed by atoms with van der Waals surface area (Å²) >= 11 is 0. The summed E-state index contributed by atoms with van der Waals surface area (Å²) in [4.78, 5) is 3.96. The highest BCUT2D eigenvalue weighted by Gasteiger charge is 2.13. The van der Waals surface area contributed by atoms with E-state index in [1.807, 2.05) is 13.0 Å². The van der Waals surface area contributed by atoms with Crippen molar-refractivity contribution in [3.8, 4) is 0 Å². The van der Waals surface area contributed by atoms with Crippen molar-refractivity contribution in [1.82, 2.24) is 0 Å². The van der Waals surface area contributed by atoms with Crippen LogP contribution in [0.3, 0.4) is 0 Å². The SMILES string of the molecule is C=CC(C)(O)CCC=C(C)COO. The lowest BCUT2D eigenvalue weighted by atomic mass is 10.00. The van der Waals surface area contributed by atoms with Crippen LogP contribution in [-0.2, 0) is 4.89 Å². The largest absolute Gasteiger partial charge is 0.386 e. The standard InChI is InChI=1S/C10H18O3/c1-4-10(3,11)7-5-6-9(2)8-13-12/h4,6,11-12H,1,5,7-8H2,2-3H3. The molecule has 76 valence electrons. The molecule has 3 nitrogen and oxygen atoms in total. The molecule has 0 radical (unpaired) electrons. The monoisotopic (exact) mass is 186 g/mol. The normalized spacial score (nSPS) is 16.8. The quantitative estimate of drug-likeness (QED) is 0.379. The predicted molar refractivity (Wildman–Crippen MR) is 52.4 cm³/mol. The smallest absolute Gasteiger partial charge is 0.103 e. The van der Waals surface area contributed by atoms with E-state index in [1.54, 1.807) is 6.92 Å². The minimum atomic E-state index is -0.809. The molecule has 1 unspecified atom stereocenters. The molecule has 0 saturated carbocycles. The minimum absolute atomic E-state index is 0.218. The summed E-state index contributed by atoms with van der Waals surface area (Å²) in [7, 11) is 0. The van der Waals surface area contributed by atoms with Crippen molar-refractivity contribution in [1.29, 1.82) is 0 Å². The first-order chi connectivity index (χ1) is 6.02. The number of aliphatic hydroxyl groups is 1. The summed E-state index contributed by atoms with van der Waals surface area (Å²) in [6.45, 7) is 7.32. The minimum Gasteiger partial charge on any atom is -0.386 e. The Hall–Kier alpha value is -0.640. The highest BCUT2D eigenvalue weighted by Crippen LogP contribution is 2.13. The predicted octanol–water partition coefficient (Wildman–Crippen LogP) is 2.14. The molecule has 0 fully saturated rings. The van der Waals surface area contributed by atoms with E-state index in [-0.39, 0.29) is 6.61 Å². The topological polar surface area (TPSA) is 49.7 Å². The van der Waals surface area contributed by atoms with Crippen molar-refractivity contribution in [3.05, 3.63) is 24.3 Å². The summed E-state index contributed by atoms with van der Waals surface area (Å²) < 4.78 is 0. The van der Waals surface area contributed by atoms with E-state index in [0.29, 0.717) is 6.42 Å². The summed E-state index contributed by atoms with van der Waals surface area (Å²) in [5.74, 6) is 0. The molecule has 3 heteroatoms. The average molecular weight is 186 g/mol. The van der Waals surface area contributed by atoms with Crippen LogP contribution in [0.5, 0.6) is 0 Å².